The molecule has 2 bridgehead atoms. The normalized spacial score (nSPS) is 32.2. The third kappa shape index (κ3) is 1.56. The Labute approximate surface area is 128 Å². The van der Waals surface area contributed by atoms with Gasteiger partial charge in [0.1, 0.15) is 5.41 Å². The summed E-state index contributed by atoms with van der Waals surface area (Å²) in [5, 5.41) is 18.6. The number of Topliss-reactive ketones (excluding diaryl/α,β-unsaturated/α-hetero) is 1. The zero-order chi connectivity index (χ0) is 16.3. The Hall–Kier alpha value is -2.17. The van der Waals surface area contributed by atoms with Crippen molar-refractivity contribution >= 4 is 17.7 Å². The van der Waals surface area contributed by atoms with Crippen molar-refractivity contribution in [1.29, 1.82) is 0 Å². The van der Waals surface area contributed by atoms with Crippen molar-refractivity contribution in [2.45, 2.75) is 32.6 Å². The van der Waals surface area contributed by atoms with Crippen LogP contribution in [0.2, 0.25) is 0 Å². The molecule has 22 heavy (non-hydrogen) atoms. The molecule has 0 aliphatic heterocycles. The molecule has 0 amide bonds. The minimum atomic E-state index is -1.31. The van der Waals surface area contributed by atoms with Gasteiger partial charge in [0.05, 0.1) is 5.56 Å². The van der Waals surface area contributed by atoms with Gasteiger partial charge in [0, 0.05) is 5.92 Å². The van der Waals surface area contributed by atoms with Crippen LogP contribution in [0.1, 0.15) is 48.5 Å². The van der Waals surface area contributed by atoms with Crippen LogP contribution < -0.4 is 0 Å². The highest BCUT2D eigenvalue weighted by atomic mass is 16.4. The van der Waals surface area contributed by atoms with Gasteiger partial charge in [-0.1, -0.05) is 26.0 Å². The van der Waals surface area contributed by atoms with E-state index in [1.807, 2.05) is 13.8 Å². The lowest BCUT2D eigenvalue weighted by molar-refractivity contribution is -0.158. The Morgan fingerprint density at radius 2 is 1.73 bits per heavy atom. The van der Waals surface area contributed by atoms with E-state index in [0.29, 0.717) is 12.8 Å². The van der Waals surface area contributed by atoms with Crippen LogP contribution in [-0.4, -0.2) is 27.9 Å². The van der Waals surface area contributed by atoms with Crippen LogP contribution in [0.15, 0.2) is 24.3 Å². The molecule has 2 aliphatic rings. The van der Waals surface area contributed by atoms with Crippen LogP contribution in [0, 0.1) is 16.7 Å². The topological polar surface area (TPSA) is 91.7 Å². The van der Waals surface area contributed by atoms with Crippen molar-refractivity contribution in [1.82, 2.24) is 0 Å². The molecule has 2 N–H and O–H groups in total. The van der Waals surface area contributed by atoms with Crippen molar-refractivity contribution in [3.05, 3.63) is 35.4 Å². The summed E-state index contributed by atoms with van der Waals surface area (Å²) in [5.74, 6) is -2.76. The van der Waals surface area contributed by atoms with Gasteiger partial charge in [-0.05, 0) is 41.9 Å². The van der Waals surface area contributed by atoms with Crippen LogP contribution in [0.5, 0.6) is 0 Å². The number of hydrogen-bond donors (Lipinski definition) is 2. The van der Waals surface area contributed by atoms with E-state index in [-0.39, 0.29) is 17.3 Å². The molecule has 1 aromatic rings. The van der Waals surface area contributed by atoms with Crippen LogP contribution in [0.3, 0.4) is 0 Å². The Kier molecular flexibility index (Phi) is 2.96. The molecule has 3 rings (SSSR count). The highest BCUT2D eigenvalue weighted by Crippen LogP contribution is 2.68. The average Bonchev–Trinajstić information content (AvgIpc) is 2.81. The average molecular weight is 302 g/mol. The maximum absolute atomic E-state index is 12.9. The Bertz CT molecular complexity index is 673. The maximum atomic E-state index is 12.9. The first-order valence-electron chi connectivity index (χ1n) is 7.34. The van der Waals surface area contributed by atoms with Crippen molar-refractivity contribution in [3.8, 4) is 0 Å². The molecule has 116 valence electrons. The van der Waals surface area contributed by atoms with Gasteiger partial charge >= 0.3 is 11.9 Å². The minimum absolute atomic E-state index is 0.0215. The van der Waals surface area contributed by atoms with E-state index < -0.39 is 28.7 Å². The largest absolute Gasteiger partial charge is 0.480 e. The lowest BCUT2D eigenvalue weighted by atomic mass is 9.69. The van der Waals surface area contributed by atoms with E-state index in [9.17, 15) is 19.5 Å². The molecular formula is C17H18O5. The summed E-state index contributed by atoms with van der Waals surface area (Å²) in [6.45, 7) is 3.73. The lowest BCUT2D eigenvalue weighted by Crippen LogP contribution is -2.44. The second-order valence-corrected chi connectivity index (χ2v) is 6.85. The summed E-state index contributed by atoms with van der Waals surface area (Å²) >= 11 is 0. The molecule has 2 saturated carbocycles. The van der Waals surface area contributed by atoms with Gasteiger partial charge in [-0.15, -0.1) is 0 Å². The zero-order valence-electron chi connectivity index (χ0n) is 12.5. The molecule has 0 spiro atoms. The Morgan fingerprint density at radius 3 is 2.18 bits per heavy atom. The number of carbonyl (C=O) groups is 3. The molecule has 1 aromatic carbocycles. The number of rotatable bonds is 3. The monoisotopic (exact) mass is 302 g/mol. The van der Waals surface area contributed by atoms with E-state index in [1.165, 1.54) is 12.1 Å². The molecule has 0 aromatic heterocycles. The van der Waals surface area contributed by atoms with Gasteiger partial charge in [0.2, 0.25) is 0 Å². The summed E-state index contributed by atoms with van der Waals surface area (Å²) < 4.78 is 0. The third-order valence-corrected chi connectivity index (χ3v) is 5.84. The first kappa shape index (κ1) is 14.8. The zero-order valence-corrected chi connectivity index (χ0v) is 12.5. The number of ketones is 1. The predicted octanol–water partition coefficient (Wildman–Crippen LogP) is 2.56. The third-order valence-electron chi connectivity index (χ3n) is 5.84. The maximum Gasteiger partial charge on any atom is 0.335 e. The SMILES string of the molecule is CC1(C)C2CCC1(C(=O)O)C(=O)C2c1ccc(C(=O)O)cc1. The van der Waals surface area contributed by atoms with E-state index in [2.05, 4.69) is 0 Å². The van der Waals surface area contributed by atoms with Crippen LogP contribution >= 0.6 is 0 Å². The van der Waals surface area contributed by atoms with E-state index in [4.69, 9.17) is 5.11 Å². The standard InChI is InChI=1S/C17H18O5/c1-16(2)11-7-8-17(16,15(21)22)13(18)12(11)9-3-5-10(6-4-9)14(19)20/h3-6,11-12H,7-8H2,1-2H3,(H,19,20)(H,21,22). The molecular weight excluding hydrogens is 284 g/mol. The summed E-state index contributed by atoms with van der Waals surface area (Å²) in [4.78, 5) is 35.6. The van der Waals surface area contributed by atoms with Crippen molar-refractivity contribution in [3.63, 3.8) is 0 Å². The Morgan fingerprint density at radius 1 is 1.14 bits per heavy atom. The molecule has 0 saturated heterocycles. The number of hydrogen-bond acceptors (Lipinski definition) is 3. The summed E-state index contributed by atoms with van der Waals surface area (Å²) in [6, 6.07) is 6.21. The molecule has 0 heterocycles. The Balaban J connectivity index is 2.05. The highest BCUT2D eigenvalue weighted by Gasteiger charge is 2.72. The van der Waals surface area contributed by atoms with Crippen LogP contribution in [-0.2, 0) is 9.59 Å². The lowest BCUT2D eigenvalue weighted by Gasteiger charge is -2.31. The summed E-state index contributed by atoms with van der Waals surface area (Å²) in [5.41, 5.74) is -1.03. The fraction of sp³-hybridized carbons (Fsp3) is 0.471. The van der Waals surface area contributed by atoms with E-state index in [0.717, 1.165) is 5.56 Å². The molecule has 0 radical (unpaired) electrons. The second-order valence-electron chi connectivity index (χ2n) is 6.85. The van der Waals surface area contributed by atoms with Gasteiger partial charge in [0.25, 0.3) is 0 Å². The number of benzene rings is 1. The van der Waals surface area contributed by atoms with Crippen molar-refractivity contribution in [2.75, 3.05) is 0 Å². The first-order chi connectivity index (χ1) is 10.2. The molecule has 5 nitrogen and oxygen atoms in total. The van der Waals surface area contributed by atoms with Crippen LogP contribution in [0.25, 0.3) is 0 Å². The molecule has 5 heteroatoms. The van der Waals surface area contributed by atoms with Gasteiger partial charge in [-0.2, -0.15) is 0 Å². The molecule has 2 fully saturated rings. The number of fused-ring (bicyclic) bond motifs is 2. The molecule has 3 unspecified atom stereocenters. The van der Waals surface area contributed by atoms with Crippen molar-refractivity contribution < 1.29 is 24.6 Å². The van der Waals surface area contributed by atoms with Gasteiger partial charge in [-0.3, -0.25) is 9.59 Å². The molecule has 2 aliphatic carbocycles. The van der Waals surface area contributed by atoms with Crippen LogP contribution in [0.4, 0.5) is 0 Å². The minimum Gasteiger partial charge on any atom is -0.480 e. The molecule has 3 atom stereocenters. The first-order valence-corrected chi connectivity index (χ1v) is 7.34. The van der Waals surface area contributed by atoms with Gasteiger partial charge < -0.3 is 10.2 Å². The number of aromatic carboxylic acids is 1. The highest BCUT2D eigenvalue weighted by molar-refractivity contribution is 6.10. The van der Waals surface area contributed by atoms with E-state index >= 15 is 0 Å². The van der Waals surface area contributed by atoms with Crippen molar-refractivity contribution in [2.24, 2.45) is 16.7 Å². The predicted molar refractivity (Wildman–Crippen MR) is 77.7 cm³/mol. The van der Waals surface area contributed by atoms with E-state index in [1.54, 1.807) is 12.1 Å². The fourth-order valence-electron chi connectivity index (χ4n) is 4.55. The fourth-order valence-corrected chi connectivity index (χ4v) is 4.55. The summed E-state index contributed by atoms with van der Waals surface area (Å²) in [6.07, 6.45) is 1.10. The number of carboxylic acid groups (broad SMARTS) is 2. The smallest absolute Gasteiger partial charge is 0.335 e. The quantitative estimate of drug-likeness (QED) is 0.837. The van der Waals surface area contributed by atoms with Gasteiger partial charge in [0.15, 0.2) is 5.78 Å². The summed E-state index contributed by atoms with van der Waals surface area (Å²) in [7, 11) is 0. The number of carbonyl (C=O) groups excluding carboxylic acids is 1. The number of carboxylic acids is 2. The van der Waals surface area contributed by atoms with Gasteiger partial charge in [-0.25, -0.2) is 4.79 Å². The second kappa shape index (κ2) is 4.41. The number of aliphatic carboxylic acids is 1.